The largest absolute Gasteiger partial charge is 0.444 e. The molecule has 0 radical (unpaired) electrons. The van der Waals surface area contributed by atoms with Gasteiger partial charge in [0.2, 0.25) is 5.91 Å². The van der Waals surface area contributed by atoms with Crippen LogP contribution in [0.5, 0.6) is 0 Å². The van der Waals surface area contributed by atoms with Gasteiger partial charge in [-0.05, 0) is 69.2 Å². The minimum Gasteiger partial charge on any atom is -0.444 e. The highest BCUT2D eigenvalue weighted by atomic mass is 32.2. The summed E-state index contributed by atoms with van der Waals surface area (Å²) >= 11 is 1.69. The molecule has 2 N–H and O–H groups in total. The number of thioether (sulfide) groups is 1. The Kier molecular flexibility index (Phi) is 12.4. The number of ether oxygens (including phenoxy) is 1. The third-order valence-corrected chi connectivity index (χ3v) is 7.32. The SMILES string of the molecule is CC(C)(C)OC(=O)N[C@H](CSC[C@H](Cc1ccccc1)C(=O)NCCCc1cccnc1)Cc1ccccc1. The van der Waals surface area contributed by atoms with Crippen LogP contribution in [0.4, 0.5) is 4.79 Å². The molecule has 2 atom stereocenters. The molecule has 7 heteroatoms. The maximum absolute atomic E-state index is 13.2. The molecule has 1 heterocycles. The van der Waals surface area contributed by atoms with Gasteiger partial charge in [-0.2, -0.15) is 11.8 Å². The predicted molar refractivity (Wildman–Crippen MR) is 160 cm³/mol. The van der Waals surface area contributed by atoms with Crippen LogP contribution < -0.4 is 10.6 Å². The Morgan fingerprint density at radius 1 is 0.872 bits per heavy atom. The van der Waals surface area contributed by atoms with Crippen molar-refractivity contribution in [1.29, 1.82) is 0 Å². The van der Waals surface area contributed by atoms with E-state index in [4.69, 9.17) is 4.74 Å². The molecule has 0 aliphatic heterocycles. The van der Waals surface area contributed by atoms with Gasteiger partial charge in [0.25, 0.3) is 0 Å². The van der Waals surface area contributed by atoms with Crippen LogP contribution in [-0.2, 0) is 28.8 Å². The van der Waals surface area contributed by atoms with Gasteiger partial charge in [-0.25, -0.2) is 4.79 Å². The van der Waals surface area contributed by atoms with Crippen LogP contribution in [0, 0.1) is 5.92 Å². The number of rotatable bonds is 14. The van der Waals surface area contributed by atoms with Crippen molar-refractivity contribution in [3.05, 3.63) is 102 Å². The first-order valence-corrected chi connectivity index (χ1v) is 14.8. The fourth-order valence-electron chi connectivity index (χ4n) is 4.20. The Balaban J connectivity index is 1.58. The van der Waals surface area contributed by atoms with Gasteiger partial charge < -0.3 is 15.4 Å². The van der Waals surface area contributed by atoms with E-state index in [0.29, 0.717) is 30.9 Å². The van der Waals surface area contributed by atoms with Gasteiger partial charge in [0, 0.05) is 36.5 Å². The summed E-state index contributed by atoms with van der Waals surface area (Å²) in [7, 11) is 0. The van der Waals surface area contributed by atoms with E-state index in [0.717, 1.165) is 24.0 Å². The lowest BCUT2D eigenvalue weighted by molar-refractivity contribution is -0.124. The summed E-state index contributed by atoms with van der Waals surface area (Å²) in [5.41, 5.74) is 2.89. The maximum atomic E-state index is 13.2. The molecule has 0 aliphatic rings. The van der Waals surface area contributed by atoms with Crippen LogP contribution in [-0.4, -0.2) is 46.7 Å². The van der Waals surface area contributed by atoms with Gasteiger partial charge in [0.05, 0.1) is 5.92 Å². The molecule has 1 aromatic heterocycles. The number of carbonyl (C=O) groups excluding carboxylic acids is 2. The Hall–Kier alpha value is -3.32. The van der Waals surface area contributed by atoms with E-state index in [2.05, 4.69) is 45.9 Å². The summed E-state index contributed by atoms with van der Waals surface area (Å²) in [5, 5.41) is 6.19. The van der Waals surface area contributed by atoms with E-state index >= 15 is 0 Å². The second-order valence-corrected chi connectivity index (χ2v) is 11.8. The van der Waals surface area contributed by atoms with E-state index in [9.17, 15) is 9.59 Å². The maximum Gasteiger partial charge on any atom is 0.407 e. The van der Waals surface area contributed by atoms with Gasteiger partial charge in [0.1, 0.15) is 5.60 Å². The summed E-state index contributed by atoms with van der Waals surface area (Å²) in [5.74, 6) is 1.23. The minimum atomic E-state index is -0.565. The van der Waals surface area contributed by atoms with Crippen LogP contribution in [0.25, 0.3) is 0 Å². The number of hydrogen-bond donors (Lipinski definition) is 2. The Labute approximate surface area is 237 Å². The normalized spacial score (nSPS) is 12.8. The number of alkyl carbamates (subject to hydrolysis) is 1. The molecule has 2 aromatic carbocycles. The molecule has 0 unspecified atom stereocenters. The fourth-order valence-corrected chi connectivity index (χ4v) is 5.37. The molecule has 3 aromatic rings. The van der Waals surface area contributed by atoms with Crippen molar-refractivity contribution in [2.24, 2.45) is 5.92 Å². The van der Waals surface area contributed by atoms with E-state index in [1.54, 1.807) is 18.0 Å². The molecular formula is C32H41N3O3S. The molecule has 2 amide bonds. The highest BCUT2D eigenvalue weighted by Crippen LogP contribution is 2.18. The Morgan fingerprint density at radius 3 is 2.13 bits per heavy atom. The standard InChI is InChI=1S/C32H41N3O3S/c1-32(2,3)38-31(37)35-29(21-26-14-8-5-9-15-26)24-39-23-28(20-25-12-6-4-7-13-25)30(36)34-19-11-17-27-16-10-18-33-22-27/h4-10,12-16,18,22,28-29H,11,17,19-21,23-24H2,1-3H3,(H,34,36)(H,35,37)/t28-,29-/m0/s1. The lowest BCUT2D eigenvalue weighted by Crippen LogP contribution is -2.42. The van der Waals surface area contributed by atoms with Gasteiger partial charge in [-0.15, -0.1) is 0 Å². The second kappa shape index (κ2) is 15.9. The number of hydrogen-bond acceptors (Lipinski definition) is 5. The number of nitrogens with one attached hydrogen (secondary N) is 2. The molecule has 0 aliphatic carbocycles. The molecule has 208 valence electrons. The average molecular weight is 548 g/mol. The van der Waals surface area contributed by atoms with Crippen molar-refractivity contribution in [3.63, 3.8) is 0 Å². The topological polar surface area (TPSA) is 80.3 Å². The summed E-state index contributed by atoms with van der Waals surface area (Å²) in [6, 6.07) is 24.1. The van der Waals surface area contributed by atoms with E-state index in [1.807, 2.05) is 69.4 Å². The summed E-state index contributed by atoms with van der Waals surface area (Å²) in [6.45, 7) is 6.20. The zero-order chi connectivity index (χ0) is 27.9. The fraction of sp³-hybridized carbons (Fsp3) is 0.406. The smallest absolute Gasteiger partial charge is 0.407 e. The Bertz CT molecular complexity index is 1120. The summed E-state index contributed by atoms with van der Waals surface area (Å²) < 4.78 is 5.51. The van der Waals surface area contributed by atoms with Crippen molar-refractivity contribution < 1.29 is 14.3 Å². The molecule has 0 saturated carbocycles. The number of aryl methyl sites for hydroxylation is 1. The molecule has 3 rings (SSSR count). The molecule has 6 nitrogen and oxygen atoms in total. The molecular weight excluding hydrogens is 506 g/mol. The molecule has 0 fully saturated rings. The molecule has 39 heavy (non-hydrogen) atoms. The van der Waals surface area contributed by atoms with Crippen molar-refractivity contribution in [3.8, 4) is 0 Å². The number of aromatic nitrogens is 1. The van der Waals surface area contributed by atoms with Crippen LogP contribution in [0.1, 0.15) is 43.9 Å². The number of carbonyl (C=O) groups is 2. The Morgan fingerprint density at radius 2 is 1.51 bits per heavy atom. The number of amides is 2. The van der Waals surface area contributed by atoms with Crippen LogP contribution in [0.3, 0.4) is 0 Å². The average Bonchev–Trinajstić information content (AvgIpc) is 2.91. The number of pyridine rings is 1. The van der Waals surface area contributed by atoms with Crippen molar-refractivity contribution in [2.45, 2.75) is 58.1 Å². The second-order valence-electron chi connectivity index (χ2n) is 10.7. The van der Waals surface area contributed by atoms with Crippen LogP contribution in [0.15, 0.2) is 85.2 Å². The van der Waals surface area contributed by atoms with E-state index in [-0.39, 0.29) is 17.9 Å². The lowest BCUT2D eigenvalue weighted by atomic mass is 10.00. The molecule has 0 saturated heterocycles. The third kappa shape index (κ3) is 12.4. The van der Waals surface area contributed by atoms with E-state index in [1.165, 1.54) is 5.56 Å². The lowest BCUT2D eigenvalue weighted by Gasteiger charge is -2.24. The monoisotopic (exact) mass is 547 g/mol. The first-order chi connectivity index (χ1) is 18.8. The van der Waals surface area contributed by atoms with Crippen molar-refractivity contribution in [1.82, 2.24) is 15.6 Å². The summed E-state index contributed by atoms with van der Waals surface area (Å²) in [4.78, 5) is 29.9. The third-order valence-electron chi connectivity index (χ3n) is 6.04. The number of nitrogens with zero attached hydrogens (tertiary/aromatic N) is 1. The van der Waals surface area contributed by atoms with Crippen LogP contribution >= 0.6 is 11.8 Å². The highest BCUT2D eigenvalue weighted by molar-refractivity contribution is 7.99. The van der Waals surface area contributed by atoms with E-state index < -0.39 is 11.7 Å². The first-order valence-electron chi connectivity index (χ1n) is 13.6. The molecule has 0 bridgehead atoms. The highest BCUT2D eigenvalue weighted by Gasteiger charge is 2.22. The van der Waals surface area contributed by atoms with Crippen molar-refractivity contribution >= 4 is 23.8 Å². The predicted octanol–water partition coefficient (Wildman–Crippen LogP) is 5.86. The van der Waals surface area contributed by atoms with Gasteiger partial charge in [-0.1, -0.05) is 66.7 Å². The van der Waals surface area contributed by atoms with Gasteiger partial charge >= 0.3 is 6.09 Å². The van der Waals surface area contributed by atoms with Gasteiger partial charge in [0.15, 0.2) is 0 Å². The first kappa shape index (κ1) is 30.2. The van der Waals surface area contributed by atoms with Crippen molar-refractivity contribution in [2.75, 3.05) is 18.1 Å². The minimum absolute atomic E-state index is 0.0669. The summed E-state index contributed by atoms with van der Waals surface area (Å²) in [6.07, 6.45) is 6.32. The van der Waals surface area contributed by atoms with Crippen LogP contribution in [0.2, 0.25) is 0 Å². The quantitative estimate of drug-likeness (QED) is 0.247. The zero-order valence-corrected chi connectivity index (χ0v) is 24.1. The number of benzene rings is 2. The van der Waals surface area contributed by atoms with Gasteiger partial charge in [-0.3, -0.25) is 9.78 Å². The zero-order valence-electron chi connectivity index (χ0n) is 23.3. The molecule has 0 spiro atoms.